The van der Waals surface area contributed by atoms with Gasteiger partial charge in [-0.3, -0.25) is 4.79 Å². The number of halogens is 1. The fourth-order valence-electron chi connectivity index (χ4n) is 1.87. The molecule has 0 aliphatic rings. The van der Waals surface area contributed by atoms with E-state index in [1.165, 1.54) is 0 Å². The SMILES string of the molecule is CC(C)Oc1cccc(NC(=O)CNc2ccc(Br)cc2)c1. The first-order valence-corrected chi connectivity index (χ1v) is 7.88. The number of carbonyl (C=O) groups is 1. The minimum Gasteiger partial charge on any atom is -0.491 e. The zero-order chi connectivity index (χ0) is 15.9. The maximum Gasteiger partial charge on any atom is 0.243 e. The fourth-order valence-corrected chi connectivity index (χ4v) is 2.14. The molecule has 1 amide bonds. The predicted molar refractivity (Wildman–Crippen MR) is 93.5 cm³/mol. The number of ether oxygens (including phenoxy) is 1. The van der Waals surface area contributed by atoms with E-state index in [4.69, 9.17) is 4.74 Å². The van der Waals surface area contributed by atoms with Gasteiger partial charge in [0.1, 0.15) is 5.75 Å². The molecular weight excluding hydrogens is 344 g/mol. The highest BCUT2D eigenvalue weighted by Crippen LogP contribution is 2.18. The van der Waals surface area contributed by atoms with Crippen molar-refractivity contribution in [1.29, 1.82) is 0 Å². The Bertz CT molecular complexity index is 627. The summed E-state index contributed by atoms with van der Waals surface area (Å²) in [5.41, 5.74) is 1.62. The predicted octanol–water partition coefficient (Wildman–Crippen LogP) is 4.29. The molecule has 0 fully saturated rings. The van der Waals surface area contributed by atoms with Gasteiger partial charge in [0.2, 0.25) is 5.91 Å². The lowest BCUT2D eigenvalue weighted by Gasteiger charge is -2.12. The number of rotatable bonds is 6. The van der Waals surface area contributed by atoms with Crippen LogP contribution in [0.5, 0.6) is 5.75 Å². The summed E-state index contributed by atoms with van der Waals surface area (Å²) in [6, 6.07) is 15.1. The first-order valence-electron chi connectivity index (χ1n) is 7.09. The molecule has 2 aromatic carbocycles. The molecule has 116 valence electrons. The lowest BCUT2D eigenvalue weighted by Crippen LogP contribution is -2.21. The van der Waals surface area contributed by atoms with Crippen molar-refractivity contribution in [3.8, 4) is 5.75 Å². The van der Waals surface area contributed by atoms with Crippen molar-refractivity contribution in [2.75, 3.05) is 17.2 Å². The quantitative estimate of drug-likeness (QED) is 0.805. The molecule has 2 aromatic rings. The summed E-state index contributed by atoms with van der Waals surface area (Å²) in [6.45, 7) is 4.14. The number of anilines is 2. The zero-order valence-electron chi connectivity index (χ0n) is 12.6. The minimum atomic E-state index is -0.107. The summed E-state index contributed by atoms with van der Waals surface area (Å²) in [4.78, 5) is 12.0. The van der Waals surface area contributed by atoms with Gasteiger partial charge in [-0.15, -0.1) is 0 Å². The minimum absolute atomic E-state index is 0.102. The van der Waals surface area contributed by atoms with Gasteiger partial charge in [-0.2, -0.15) is 0 Å². The monoisotopic (exact) mass is 362 g/mol. The van der Waals surface area contributed by atoms with Crippen LogP contribution >= 0.6 is 15.9 Å². The second kappa shape index (κ2) is 7.84. The average Bonchev–Trinajstić information content (AvgIpc) is 2.46. The van der Waals surface area contributed by atoms with Gasteiger partial charge >= 0.3 is 0 Å². The van der Waals surface area contributed by atoms with Gasteiger partial charge in [-0.1, -0.05) is 22.0 Å². The van der Waals surface area contributed by atoms with Crippen LogP contribution in [0.1, 0.15) is 13.8 Å². The van der Waals surface area contributed by atoms with Crippen molar-refractivity contribution >= 4 is 33.2 Å². The second-order valence-corrected chi connectivity index (χ2v) is 6.02. The Morgan fingerprint density at radius 1 is 1.14 bits per heavy atom. The maximum absolute atomic E-state index is 12.0. The third-order valence-electron chi connectivity index (χ3n) is 2.79. The van der Waals surface area contributed by atoms with E-state index < -0.39 is 0 Å². The highest BCUT2D eigenvalue weighted by atomic mass is 79.9. The van der Waals surface area contributed by atoms with Crippen LogP contribution in [0.25, 0.3) is 0 Å². The normalized spacial score (nSPS) is 10.4. The molecule has 0 aliphatic carbocycles. The Morgan fingerprint density at radius 3 is 2.55 bits per heavy atom. The molecule has 0 aromatic heterocycles. The molecule has 0 saturated carbocycles. The zero-order valence-corrected chi connectivity index (χ0v) is 14.2. The van der Waals surface area contributed by atoms with Crippen LogP contribution in [0.15, 0.2) is 53.0 Å². The van der Waals surface area contributed by atoms with Crippen LogP contribution in [-0.2, 0) is 4.79 Å². The van der Waals surface area contributed by atoms with Crippen molar-refractivity contribution in [3.05, 3.63) is 53.0 Å². The third kappa shape index (κ3) is 5.41. The molecule has 0 bridgehead atoms. The molecule has 5 heteroatoms. The third-order valence-corrected chi connectivity index (χ3v) is 3.32. The summed E-state index contributed by atoms with van der Waals surface area (Å²) in [6.07, 6.45) is 0.102. The average molecular weight is 363 g/mol. The Hall–Kier alpha value is -2.01. The van der Waals surface area contributed by atoms with Gasteiger partial charge in [0, 0.05) is 21.9 Å². The number of hydrogen-bond donors (Lipinski definition) is 2. The molecular formula is C17H19BrN2O2. The Kier molecular flexibility index (Phi) is 5.83. The van der Waals surface area contributed by atoms with Crippen LogP contribution in [0.4, 0.5) is 11.4 Å². The summed E-state index contributed by atoms with van der Waals surface area (Å²) < 4.78 is 6.61. The number of amides is 1. The van der Waals surface area contributed by atoms with Crippen LogP contribution in [0.3, 0.4) is 0 Å². The van der Waals surface area contributed by atoms with E-state index in [1.54, 1.807) is 0 Å². The largest absolute Gasteiger partial charge is 0.491 e. The molecule has 4 nitrogen and oxygen atoms in total. The maximum atomic E-state index is 12.0. The van der Waals surface area contributed by atoms with Gasteiger partial charge in [-0.05, 0) is 50.2 Å². The molecule has 0 atom stereocenters. The molecule has 0 aliphatic heterocycles. The molecule has 22 heavy (non-hydrogen) atoms. The first kappa shape index (κ1) is 16.4. The van der Waals surface area contributed by atoms with E-state index in [0.717, 1.165) is 21.6 Å². The highest BCUT2D eigenvalue weighted by molar-refractivity contribution is 9.10. The molecule has 2 N–H and O–H groups in total. The van der Waals surface area contributed by atoms with Crippen LogP contribution in [0, 0.1) is 0 Å². The molecule has 0 heterocycles. The van der Waals surface area contributed by atoms with Crippen LogP contribution < -0.4 is 15.4 Å². The van der Waals surface area contributed by atoms with Crippen molar-refractivity contribution in [2.45, 2.75) is 20.0 Å². The molecule has 0 radical (unpaired) electrons. The van der Waals surface area contributed by atoms with Crippen molar-refractivity contribution in [3.63, 3.8) is 0 Å². The van der Waals surface area contributed by atoms with Gasteiger partial charge in [0.05, 0.1) is 12.6 Å². The Labute approximate surface area is 139 Å². The highest BCUT2D eigenvalue weighted by Gasteiger charge is 2.04. The van der Waals surface area contributed by atoms with Gasteiger partial charge in [0.15, 0.2) is 0 Å². The second-order valence-electron chi connectivity index (χ2n) is 5.10. The van der Waals surface area contributed by atoms with E-state index >= 15 is 0 Å². The van der Waals surface area contributed by atoms with Crippen molar-refractivity contribution in [2.24, 2.45) is 0 Å². The van der Waals surface area contributed by atoms with Crippen LogP contribution in [0.2, 0.25) is 0 Å². The number of benzene rings is 2. The Balaban J connectivity index is 1.87. The first-order chi connectivity index (χ1) is 10.5. The fraction of sp³-hybridized carbons (Fsp3) is 0.235. The smallest absolute Gasteiger partial charge is 0.243 e. The number of carbonyl (C=O) groups excluding carboxylic acids is 1. The van der Waals surface area contributed by atoms with E-state index in [2.05, 4.69) is 26.6 Å². The van der Waals surface area contributed by atoms with Gasteiger partial charge in [-0.25, -0.2) is 0 Å². The van der Waals surface area contributed by atoms with E-state index in [0.29, 0.717) is 0 Å². The van der Waals surface area contributed by atoms with E-state index in [1.807, 2.05) is 62.4 Å². The standard InChI is InChI=1S/C17H19BrN2O2/c1-12(2)22-16-5-3-4-15(10-16)20-17(21)11-19-14-8-6-13(18)7-9-14/h3-10,12,19H,11H2,1-2H3,(H,20,21). The van der Waals surface area contributed by atoms with Crippen molar-refractivity contribution in [1.82, 2.24) is 0 Å². The van der Waals surface area contributed by atoms with Gasteiger partial charge < -0.3 is 15.4 Å². The summed E-state index contributed by atoms with van der Waals surface area (Å²) >= 11 is 3.37. The molecule has 2 rings (SSSR count). The molecule has 0 spiro atoms. The van der Waals surface area contributed by atoms with E-state index in [-0.39, 0.29) is 18.6 Å². The number of nitrogens with one attached hydrogen (secondary N) is 2. The number of hydrogen-bond acceptors (Lipinski definition) is 3. The van der Waals surface area contributed by atoms with Gasteiger partial charge in [0.25, 0.3) is 0 Å². The topological polar surface area (TPSA) is 50.4 Å². The summed E-state index contributed by atoms with van der Waals surface area (Å²) in [5.74, 6) is 0.637. The van der Waals surface area contributed by atoms with Crippen LogP contribution in [-0.4, -0.2) is 18.6 Å². The lowest BCUT2D eigenvalue weighted by atomic mass is 10.3. The van der Waals surface area contributed by atoms with E-state index in [9.17, 15) is 4.79 Å². The Morgan fingerprint density at radius 2 is 1.86 bits per heavy atom. The molecule has 0 unspecified atom stereocenters. The molecule has 0 saturated heterocycles. The summed E-state index contributed by atoms with van der Waals surface area (Å²) in [7, 11) is 0. The lowest BCUT2D eigenvalue weighted by molar-refractivity contribution is -0.114. The summed E-state index contributed by atoms with van der Waals surface area (Å²) in [5, 5.41) is 5.92. The van der Waals surface area contributed by atoms with Crippen molar-refractivity contribution < 1.29 is 9.53 Å².